The number of anilines is 1. The van der Waals surface area contributed by atoms with Crippen molar-refractivity contribution in [2.45, 2.75) is 0 Å². The van der Waals surface area contributed by atoms with Gasteiger partial charge < -0.3 is 15.2 Å². The number of methoxy groups -OCH3 is 1. The standard InChI is InChI=1S/C17H13ClFNO4/c1-24-15-9-14(13(18)8-12(15)17(22)23)20-16(21)6-5-10-3-2-4-11(19)7-10/h2-9H,1H3,(H,20,21)(H,22,23)/b6-5+. The maximum atomic E-state index is 13.1. The van der Waals surface area contributed by atoms with Gasteiger partial charge in [0.05, 0.1) is 17.8 Å². The van der Waals surface area contributed by atoms with Crippen molar-refractivity contribution in [2.24, 2.45) is 0 Å². The number of halogens is 2. The summed E-state index contributed by atoms with van der Waals surface area (Å²) in [5.74, 6) is -2.05. The van der Waals surface area contributed by atoms with E-state index in [1.165, 1.54) is 49.6 Å². The molecule has 2 N–H and O–H groups in total. The second-order valence-electron chi connectivity index (χ2n) is 4.72. The number of benzene rings is 2. The predicted octanol–water partition coefficient (Wildman–Crippen LogP) is 3.84. The van der Waals surface area contributed by atoms with E-state index < -0.39 is 17.7 Å². The van der Waals surface area contributed by atoms with Crippen LogP contribution < -0.4 is 10.1 Å². The van der Waals surface area contributed by atoms with E-state index in [2.05, 4.69) is 5.32 Å². The second-order valence-corrected chi connectivity index (χ2v) is 5.12. The first-order valence-corrected chi connectivity index (χ1v) is 7.14. The number of rotatable bonds is 5. The molecule has 2 aromatic rings. The molecule has 0 radical (unpaired) electrons. The SMILES string of the molecule is COc1cc(NC(=O)/C=C/c2cccc(F)c2)c(Cl)cc1C(=O)O. The fourth-order valence-corrected chi connectivity index (χ4v) is 2.15. The Bertz CT molecular complexity index is 820. The molecule has 0 saturated heterocycles. The Morgan fingerprint density at radius 3 is 2.67 bits per heavy atom. The van der Waals surface area contributed by atoms with Crippen molar-refractivity contribution in [3.05, 3.63) is 64.4 Å². The van der Waals surface area contributed by atoms with E-state index in [1.54, 1.807) is 6.07 Å². The monoisotopic (exact) mass is 349 g/mol. The number of nitrogens with one attached hydrogen (secondary N) is 1. The first-order chi connectivity index (χ1) is 11.4. The van der Waals surface area contributed by atoms with E-state index >= 15 is 0 Å². The number of carbonyl (C=O) groups is 2. The Hall–Kier alpha value is -2.86. The fraction of sp³-hybridized carbons (Fsp3) is 0.0588. The zero-order chi connectivity index (χ0) is 17.7. The lowest BCUT2D eigenvalue weighted by Gasteiger charge is -2.10. The Labute approximate surface area is 142 Å². The second kappa shape index (κ2) is 7.61. The zero-order valence-electron chi connectivity index (χ0n) is 12.5. The van der Waals surface area contributed by atoms with Crippen molar-refractivity contribution in [2.75, 3.05) is 12.4 Å². The van der Waals surface area contributed by atoms with E-state index in [1.807, 2.05) is 0 Å². The topological polar surface area (TPSA) is 75.6 Å². The van der Waals surface area contributed by atoms with Gasteiger partial charge in [-0.05, 0) is 29.8 Å². The van der Waals surface area contributed by atoms with Crippen molar-refractivity contribution in [1.29, 1.82) is 0 Å². The van der Waals surface area contributed by atoms with Crippen LogP contribution in [0.15, 0.2) is 42.5 Å². The lowest BCUT2D eigenvalue weighted by atomic mass is 10.1. The maximum Gasteiger partial charge on any atom is 0.339 e. The van der Waals surface area contributed by atoms with Crippen LogP contribution in [0.25, 0.3) is 6.08 Å². The molecule has 0 spiro atoms. The van der Waals surface area contributed by atoms with Gasteiger partial charge >= 0.3 is 5.97 Å². The van der Waals surface area contributed by atoms with Crippen LogP contribution in [0.1, 0.15) is 15.9 Å². The van der Waals surface area contributed by atoms with Gasteiger partial charge in [0.25, 0.3) is 0 Å². The molecule has 0 bridgehead atoms. The van der Waals surface area contributed by atoms with E-state index in [0.717, 1.165) is 0 Å². The third-order valence-corrected chi connectivity index (χ3v) is 3.37. The van der Waals surface area contributed by atoms with Crippen LogP contribution in [0.5, 0.6) is 5.75 Å². The van der Waals surface area contributed by atoms with Gasteiger partial charge in [-0.25, -0.2) is 9.18 Å². The van der Waals surface area contributed by atoms with Crippen LogP contribution >= 0.6 is 11.6 Å². The highest BCUT2D eigenvalue weighted by molar-refractivity contribution is 6.34. The van der Waals surface area contributed by atoms with Gasteiger partial charge in [0.1, 0.15) is 17.1 Å². The number of amides is 1. The summed E-state index contributed by atoms with van der Waals surface area (Å²) < 4.78 is 18.0. The molecule has 0 aliphatic carbocycles. The Balaban J connectivity index is 2.18. The molecule has 0 atom stereocenters. The fourth-order valence-electron chi connectivity index (χ4n) is 1.94. The predicted molar refractivity (Wildman–Crippen MR) is 89.0 cm³/mol. The van der Waals surface area contributed by atoms with Crippen molar-refractivity contribution in [1.82, 2.24) is 0 Å². The third kappa shape index (κ3) is 4.33. The van der Waals surface area contributed by atoms with Crippen LogP contribution in [0.2, 0.25) is 5.02 Å². The van der Waals surface area contributed by atoms with Crippen LogP contribution in [0.4, 0.5) is 10.1 Å². The Morgan fingerprint density at radius 1 is 1.29 bits per heavy atom. The van der Waals surface area contributed by atoms with Gasteiger partial charge in [-0.2, -0.15) is 0 Å². The first-order valence-electron chi connectivity index (χ1n) is 6.76. The van der Waals surface area contributed by atoms with E-state index in [-0.39, 0.29) is 22.0 Å². The minimum absolute atomic E-state index is 0.0562. The van der Waals surface area contributed by atoms with E-state index in [0.29, 0.717) is 5.56 Å². The highest BCUT2D eigenvalue weighted by atomic mass is 35.5. The summed E-state index contributed by atoms with van der Waals surface area (Å²) in [6, 6.07) is 8.26. The van der Waals surface area contributed by atoms with Gasteiger partial charge in [-0.1, -0.05) is 23.7 Å². The summed E-state index contributed by atoms with van der Waals surface area (Å²) in [5, 5.41) is 11.6. The number of aromatic carboxylic acids is 1. The Morgan fingerprint density at radius 2 is 2.04 bits per heavy atom. The van der Waals surface area contributed by atoms with Gasteiger partial charge in [-0.15, -0.1) is 0 Å². The molecule has 0 unspecified atom stereocenters. The van der Waals surface area contributed by atoms with Crippen LogP contribution in [-0.2, 0) is 4.79 Å². The van der Waals surface area contributed by atoms with Gasteiger partial charge in [0.15, 0.2) is 0 Å². The molecule has 0 fully saturated rings. The first kappa shape index (κ1) is 17.5. The number of carbonyl (C=O) groups excluding carboxylic acids is 1. The summed E-state index contributed by atoms with van der Waals surface area (Å²) in [6.07, 6.45) is 2.65. The summed E-state index contributed by atoms with van der Waals surface area (Å²) in [5.41, 5.74) is 0.610. The molecule has 0 aliphatic heterocycles. The van der Waals surface area contributed by atoms with Crippen molar-refractivity contribution < 1.29 is 23.8 Å². The zero-order valence-corrected chi connectivity index (χ0v) is 13.3. The highest BCUT2D eigenvalue weighted by Gasteiger charge is 2.15. The van der Waals surface area contributed by atoms with Crippen molar-refractivity contribution in [3.8, 4) is 5.75 Å². The minimum Gasteiger partial charge on any atom is -0.496 e. The molecule has 24 heavy (non-hydrogen) atoms. The third-order valence-electron chi connectivity index (χ3n) is 3.05. The van der Waals surface area contributed by atoms with Gasteiger partial charge in [0.2, 0.25) is 5.91 Å². The molecular formula is C17H13ClFNO4. The lowest BCUT2D eigenvalue weighted by Crippen LogP contribution is -2.09. The molecular weight excluding hydrogens is 337 g/mol. The molecule has 124 valence electrons. The Kier molecular flexibility index (Phi) is 5.55. The van der Waals surface area contributed by atoms with Crippen molar-refractivity contribution >= 4 is 35.2 Å². The molecule has 7 heteroatoms. The minimum atomic E-state index is -1.20. The number of hydrogen-bond acceptors (Lipinski definition) is 3. The number of carboxylic acids is 1. The van der Waals surface area contributed by atoms with Crippen molar-refractivity contribution in [3.63, 3.8) is 0 Å². The highest BCUT2D eigenvalue weighted by Crippen LogP contribution is 2.31. The smallest absolute Gasteiger partial charge is 0.339 e. The van der Waals surface area contributed by atoms with Crippen LogP contribution in [0.3, 0.4) is 0 Å². The normalized spacial score (nSPS) is 10.6. The maximum absolute atomic E-state index is 13.1. The molecule has 2 aromatic carbocycles. The molecule has 0 aliphatic rings. The summed E-state index contributed by atoms with van der Waals surface area (Å²) in [6.45, 7) is 0. The molecule has 0 heterocycles. The summed E-state index contributed by atoms with van der Waals surface area (Å²) in [7, 11) is 1.31. The van der Waals surface area contributed by atoms with Crippen LogP contribution in [-0.4, -0.2) is 24.1 Å². The molecule has 0 saturated carbocycles. The summed E-state index contributed by atoms with van der Waals surface area (Å²) >= 11 is 5.98. The number of carboxylic acid groups (broad SMARTS) is 1. The summed E-state index contributed by atoms with van der Waals surface area (Å²) in [4.78, 5) is 23.0. The molecule has 1 amide bonds. The van der Waals surface area contributed by atoms with Gasteiger partial charge in [0, 0.05) is 12.1 Å². The largest absolute Gasteiger partial charge is 0.496 e. The average molecular weight is 350 g/mol. The quantitative estimate of drug-likeness (QED) is 0.804. The number of ether oxygens (including phenoxy) is 1. The van der Waals surface area contributed by atoms with Gasteiger partial charge in [-0.3, -0.25) is 4.79 Å². The molecule has 5 nitrogen and oxygen atoms in total. The molecule has 0 aromatic heterocycles. The van der Waals surface area contributed by atoms with E-state index in [9.17, 15) is 14.0 Å². The number of hydrogen-bond donors (Lipinski definition) is 2. The lowest BCUT2D eigenvalue weighted by molar-refractivity contribution is -0.111. The van der Waals surface area contributed by atoms with E-state index in [4.69, 9.17) is 21.4 Å². The molecule has 2 rings (SSSR count). The van der Waals surface area contributed by atoms with Crippen LogP contribution in [0, 0.1) is 5.82 Å². The average Bonchev–Trinajstić information content (AvgIpc) is 2.54.